The summed E-state index contributed by atoms with van der Waals surface area (Å²) in [7, 11) is 0. The summed E-state index contributed by atoms with van der Waals surface area (Å²) < 4.78 is 0. The van der Waals surface area contributed by atoms with Gasteiger partial charge in [-0.25, -0.2) is 0 Å². The van der Waals surface area contributed by atoms with Crippen molar-refractivity contribution in [3.05, 3.63) is 0 Å². The van der Waals surface area contributed by atoms with E-state index in [9.17, 15) is 4.79 Å². The second-order valence-electron chi connectivity index (χ2n) is 4.91. The molecule has 4 nitrogen and oxygen atoms in total. The average molecular weight is 241 g/mol. The van der Waals surface area contributed by atoms with E-state index < -0.39 is 0 Å². The standard InChI is InChI=1S/C13H27N3O/c1-4-11(3)15-13(17)10-14-8-9-16(5-2)12-6-7-12/h11-12,14H,4-10H2,1-3H3,(H,15,17). The van der Waals surface area contributed by atoms with Crippen LogP contribution in [0.5, 0.6) is 0 Å². The lowest BCUT2D eigenvalue weighted by Gasteiger charge is -2.19. The van der Waals surface area contributed by atoms with Crippen LogP contribution >= 0.6 is 0 Å². The van der Waals surface area contributed by atoms with Crippen molar-refractivity contribution in [2.24, 2.45) is 0 Å². The molecule has 1 aliphatic carbocycles. The van der Waals surface area contributed by atoms with Crippen molar-refractivity contribution in [1.82, 2.24) is 15.5 Å². The molecule has 1 fully saturated rings. The van der Waals surface area contributed by atoms with E-state index in [0.29, 0.717) is 6.54 Å². The van der Waals surface area contributed by atoms with Crippen molar-refractivity contribution in [2.45, 2.75) is 52.1 Å². The van der Waals surface area contributed by atoms with E-state index in [1.54, 1.807) is 0 Å². The molecule has 0 aromatic heterocycles. The highest BCUT2D eigenvalue weighted by Gasteiger charge is 2.26. The Morgan fingerprint density at radius 3 is 2.65 bits per heavy atom. The zero-order valence-electron chi connectivity index (χ0n) is 11.5. The third kappa shape index (κ3) is 6.03. The fourth-order valence-electron chi connectivity index (χ4n) is 1.89. The summed E-state index contributed by atoms with van der Waals surface area (Å²) in [4.78, 5) is 14.0. The minimum Gasteiger partial charge on any atom is -0.353 e. The summed E-state index contributed by atoms with van der Waals surface area (Å²) in [6.07, 6.45) is 3.68. The van der Waals surface area contributed by atoms with E-state index in [4.69, 9.17) is 0 Å². The van der Waals surface area contributed by atoms with Crippen molar-refractivity contribution in [3.8, 4) is 0 Å². The van der Waals surface area contributed by atoms with Crippen LogP contribution in [0.4, 0.5) is 0 Å². The predicted octanol–water partition coefficient (Wildman–Crippen LogP) is 0.975. The highest BCUT2D eigenvalue weighted by atomic mass is 16.1. The van der Waals surface area contributed by atoms with Gasteiger partial charge in [-0.1, -0.05) is 13.8 Å². The lowest BCUT2D eigenvalue weighted by molar-refractivity contribution is -0.120. The van der Waals surface area contributed by atoms with E-state index in [2.05, 4.69) is 29.4 Å². The van der Waals surface area contributed by atoms with Gasteiger partial charge in [-0.3, -0.25) is 9.69 Å². The molecule has 1 atom stereocenters. The molecule has 0 saturated heterocycles. The predicted molar refractivity (Wildman–Crippen MR) is 71.0 cm³/mol. The smallest absolute Gasteiger partial charge is 0.234 e. The van der Waals surface area contributed by atoms with Gasteiger partial charge in [0, 0.05) is 25.2 Å². The summed E-state index contributed by atoms with van der Waals surface area (Å²) in [5, 5.41) is 6.16. The summed E-state index contributed by atoms with van der Waals surface area (Å²) in [5.41, 5.74) is 0. The van der Waals surface area contributed by atoms with Crippen molar-refractivity contribution in [2.75, 3.05) is 26.2 Å². The maximum atomic E-state index is 11.5. The number of nitrogens with one attached hydrogen (secondary N) is 2. The maximum Gasteiger partial charge on any atom is 0.234 e. The topological polar surface area (TPSA) is 44.4 Å². The van der Waals surface area contributed by atoms with E-state index in [0.717, 1.165) is 32.1 Å². The van der Waals surface area contributed by atoms with Gasteiger partial charge >= 0.3 is 0 Å². The molecule has 0 aliphatic heterocycles. The normalized spacial score (nSPS) is 17.2. The number of hydrogen-bond donors (Lipinski definition) is 2. The molecule has 0 aromatic rings. The Balaban J connectivity index is 2.00. The molecule has 0 heterocycles. The van der Waals surface area contributed by atoms with Gasteiger partial charge in [0.05, 0.1) is 6.54 Å². The largest absolute Gasteiger partial charge is 0.353 e. The summed E-state index contributed by atoms with van der Waals surface area (Å²) in [5.74, 6) is 0.105. The number of amides is 1. The number of nitrogens with zero attached hydrogens (tertiary/aromatic N) is 1. The molecule has 100 valence electrons. The molecule has 1 rings (SSSR count). The highest BCUT2D eigenvalue weighted by Crippen LogP contribution is 2.25. The second-order valence-corrected chi connectivity index (χ2v) is 4.91. The third-order valence-electron chi connectivity index (χ3n) is 3.35. The van der Waals surface area contributed by atoms with Crippen molar-refractivity contribution >= 4 is 5.91 Å². The van der Waals surface area contributed by atoms with Gasteiger partial charge in [0.1, 0.15) is 0 Å². The minimum absolute atomic E-state index is 0.105. The summed E-state index contributed by atoms with van der Waals surface area (Å²) >= 11 is 0. The first-order valence-corrected chi connectivity index (χ1v) is 6.91. The van der Waals surface area contributed by atoms with Crippen LogP contribution in [0.3, 0.4) is 0 Å². The first-order valence-electron chi connectivity index (χ1n) is 6.91. The van der Waals surface area contributed by atoms with Crippen LogP contribution in [-0.2, 0) is 4.79 Å². The fourth-order valence-corrected chi connectivity index (χ4v) is 1.89. The molecular formula is C13H27N3O. The quantitative estimate of drug-likeness (QED) is 0.591. The molecule has 0 radical (unpaired) electrons. The Morgan fingerprint density at radius 1 is 1.41 bits per heavy atom. The molecular weight excluding hydrogens is 214 g/mol. The third-order valence-corrected chi connectivity index (χ3v) is 3.35. The Morgan fingerprint density at radius 2 is 2.12 bits per heavy atom. The van der Waals surface area contributed by atoms with Crippen LogP contribution < -0.4 is 10.6 Å². The molecule has 0 aromatic carbocycles. The van der Waals surface area contributed by atoms with Gasteiger partial charge in [0.25, 0.3) is 0 Å². The van der Waals surface area contributed by atoms with Crippen LogP contribution in [0.15, 0.2) is 0 Å². The number of rotatable bonds is 9. The fraction of sp³-hybridized carbons (Fsp3) is 0.923. The van der Waals surface area contributed by atoms with Crippen molar-refractivity contribution in [1.29, 1.82) is 0 Å². The second kappa shape index (κ2) is 7.67. The Kier molecular flexibility index (Phi) is 6.52. The van der Waals surface area contributed by atoms with Gasteiger partial charge in [-0.15, -0.1) is 0 Å². The molecule has 1 saturated carbocycles. The van der Waals surface area contributed by atoms with Crippen molar-refractivity contribution < 1.29 is 4.79 Å². The van der Waals surface area contributed by atoms with Gasteiger partial charge in [0.2, 0.25) is 5.91 Å². The van der Waals surface area contributed by atoms with Crippen LogP contribution in [-0.4, -0.2) is 49.1 Å². The Hall–Kier alpha value is -0.610. The summed E-state index contributed by atoms with van der Waals surface area (Å²) in [6, 6.07) is 1.10. The Bertz CT molecular complexity index is 229. The molecule has 2 N–H and O–H groups in total. The van der Waals surface area contributed by atoms with Gasteiger partial charge < -0.3 is 10.6 Å². The van der Waals surface area contributed by atoms with Gasteiger partial charge in [-0.2, -0.15) is 0 Å². The molecule has 4 heteroatoms. The van der Waals surface area contributed by atoms with E-state index in [-0.39, 0.29) is 11.9 Å². The lowest BCUT2D eigenvalue weighted by Crippen LogP contribution is -2.41. The van der Waals surface area contributed by atoms with Gasteiger partial charge in [-0.05, 0) is 32.7 Å². The average Bonchev–Trinajstić information content (AvgIpc) is 3.13. The highest BCUT2D eigenvalue weighted by molar-refractivity contribution is 5.78. The first-order chi connectivity index (χ1) is 8.17. The zero-order valence-corrected chi connectivity index (χ0v) is 11.5. The molecule has 1 unspecified atom stereocenters. The number of likely N-dealkylation sites (N-methyl/N-ethyl adjacent to an activating group) is 1. The van der Waals surface area contributed by atoms with E-state index >= 15 is 0 Å². The number of hydrogen-bond acceptors (Lipinski definition) is 3. The number of carbonyl (C=O) groups is 1. The molecule has 17 heavy (non-hydrogen) atoms. The van der Waals surface area contributed by atoms with Crippen LogP contribution in [0, 0.1) is 0 Å². The monoisotopic (exact) mass is 241 g/mol. The molecule has 0 spiro atoms. The number of carbonyl (C=O) groups excluding carboxylic acids is 1. The Labute approximate surface area is 105 Å². The lowest BCUT2D eigenvalue weighted by atomic mass is 10.2. The van der Waals surface area contributed by atoms with E-state index in [1.807, 2.05) is 6.92 Å². The maximum absolute atomic E-state index is 11.5. The minimum atomic E-state index is 0.105. The van der Waals surface area contributed by atoms with Crippen LogP contribution in [0.1, 0.15) is 40.0 Å². The molecule has 1 amide bonds. The molecule has 0 bridgehead atoms. The summed E-state index contributed by atoms with van der Waals surface area (Å²) in [6.45, 7) is 9.82. The van der Waals surface area contributed by atoms with Crippen LogP contribution in [0.2, 0.25) is 0 Å². The van der Waals surface area contributed by atoms with Crippen LogP contribution in [0.25, 0.3) is 0 Å². The molecule has 1 aliphatic rings. The SMILES string of the molecule is CCC(C)NC(=O)CNCCN(CC)C1CC1. The van der Waals surface area contributed by atoms with Crippen molar-refractivity contribution in [3.63, 3.8) is 0 Å². The van der Waals surface area contributed by atoms with Gasteiger partial charge in [0.15, 0.2) is 0 Å². The first kappa shape index (κ1) is 14.5. The zero-order chi connectivity index (χ0) is 12.7. The van der Waals surface area contributed by atoms with E-state index in [1.165, 1.54) is 12.8 Å².